The van der Waals surface area contributed by atoms with Gasteiger partial charge in [0.15, 0.2) is 8.32 Å². The van der Waals surface area contributed by atoms with E-state index in [1.165, 1.54) is 50.5 Å². The van der Waals surface area contributed by atoms with Gasteiger partial charge in [-0.2, -0.15) is 0 Å². The fourth-order valence-corrected chi connectivity index (χ4v) is 10.4. The largest absolute Gasteiger partial charge is 0.414 e. The maximum absolute atomic E-state index is 12.2. The number of rotatable bonds is 7. The highest BCUT2D eigenvalue weighted by atomic mass is 28.4. The monoisotopic (exact) mass is 472 g/mol. The van der Waals surface area contributed by atoms with E-state index < -0.39 is 8.32 Å². The number of carbonyl (C=O) groups excluding carboxylic acids is 1. The van der Waals surface area contributed by atoms with Gasteiger partial charge in [0, 0.05) is 18.9 Å². The van der Waals surface area contributed by atoms with E-state index in [4.69, 9.17) is 4.43 Å². The number of hydrogen-bond acceptors (Lipinski definition) is 2. The van der Waals surface area contributed by atoms with Gasteiger partial charge in [-0.1, -0.05) is 46.3 Å². The van der Waals surface area contributed by atoms with Gasteiger partial charge in [-0.3, -0.25) is 4.79 Å². The van der Waals surface area contributed by atoms with Crippen molar-refractivity contribution in [3.05, 3.63) is 11.6 Å². The molecule has 3 saturated carbocycles. The Morgan fingerprint density at radius 2 is 1.76 bits per heavy atom. The Labute approximate surface area is 205 Å². The summed E-state index contributed by atoms with van der Waals surface area (Å²) >= 11 is 0. The first-order valence-corrected chi connectivity index (χ1v) is 17.6. The highest BCUT2D eigenvalue weighted by Crippen LogP contribution is 2.67. The number of ketones is 1. The highest BCUT2D eigenvalue weighted by Gasteiger charge is 2.59. The molecular formula is C30H52O2Si. The van der Waals surface area contributed by atoms with Crippen LogP contribution in [0, 0.1) is 46.3 Å². The maximum atomic E-state index is 12.2. The van der Waals surface area contributed by atoms with Gasteiger partial charge in [-0.05, 0) is 117 Å². The second-order valence-corrected chi connectivity index (χ2v) is 18.7. The van der Waals surface area contributed by atoms with Crippen molar-refractivity contribution in [2.24, 2.45) is 46.3 Å². The summed E-state index contributed by atoms with van der Waals surface area (Å²) in [6.07, 6.45) is 15.1. The first-order valence-electron chi connectivity index (χ1n) is 14.2. The standard InChI is InChI=1S/C30H52O2Si/c1-20(2)28(32-33(6,7)8)14-9-21(3)25-12-13-26-24-11-10-22-19-23(31)15-17-29(22,4)27(24)16-18-30(25,26)5/h10,20-21,24-28H,9,11-19H2,1-8H3/t21-,24?,25?,26?,27?,28?,29?,30?/m0/s1. The van der Waals surface area contributed by atoms with E-state index in [2.05, 4.69) is 60.3 Å². The van der Waals surface area contributed by atoms with Crippen molar-refractivity contribution in [2.45, 2.75) is 125 Å². The predicted octanol–water partition coefficient (Wildman–Crippen LogP) is 8.43. The lowest BCUT2D eigenvalue weighted by molar-refractivity contribution is -0.122. The number of Topliss-reactive ketones (excluding diaryl/α,β-unsaturated/α-hetero) is 1. The molecule has 8 atom stereocenters. The molecule has 0 aromatic heterocycles. The molecule has 0 heterocycles. The maximum Gasteiger partial charge on any atom is 0.184 e. The van der Waals surface area contributed by atoms with Gasteiger partial charge in [0.05, 0.1) is 0 Å². The lowest BCUT2D eigenvalue weighted by Crippen LogP contribution is -2.50. The zero-order chi connectivity index (χ0) is 24.2. The fourth-order valence-electron chi connectivity index (χ4n) is 9.06. The first kappa shape index (κ1) is 25.7. The van der Waals surface area contributed by atoms with Crippen LogP contribution in [0.15, 0.2) is 11.6 Å². The van der Waals surface area contributed by atoms with E-state index >= 15 is 0 Å². The second kappa shape index (κ2) is 9.23. The van der Waals surface area contributed by atoms with Gasteiger partial charge >= 0.3 is 0 Å². The summed E-state index contributed by atoms with van der Waals surface area (Å²) in [4.78, 5) is 12.2. The third kappa shape index (κ3) is 4.84. The molecule has 33 heavy (non-hydrogen) atoms. The average Bonchev–Trinajstić information content (AvgIpc) is 3.07. The quantitative estimate of drug-likeness (QED) is 0.274. The molecule has 7 unspecified atom stereocenters. The van der Waals surface area contributed by atoms with Gasteiger partial charge in [-0.25, -0.2) is 0 Å². The topological polar surface area (TPSA) is 26.3 Å². The number of hydrogen-bond donors (Lipinski definition) is 0. The number of allylic oxidation sites excluding steroid dienone is 2. The van der Waals surface area contributed by atoms with Gasteiger partial charge in [0.25, 0.3) is 0 Å². The minimum atomic E-state index is -1.50. The Kier molecular flexibility index (Phi) is 7.18. The zero-order valence-electron chi connectivity index (χ0n) is 23.0. The Bertz CT molecular complexity index is 764. The van der Waals surface area contributed by atoms with Crippen molar-refractivity contribution in [1.82, 2.24) is 0 Å². The predicted molar refractivity (Wildman–Crippen MR) is 142 cm³/mol. The Balaban J connectivity index is 1.45. The molecule has 3 fully saturated rings. The average molecular weight is 473 g/mol. The molecule has 0 radical (unpaired) electrons. The fraction of sp³-hybridized carbons (Fsp3) is 0.900. The summed E-state index contributed by atoms with van der Waals surface area (Å²) < 4.78 is 6.59. The minimum Gasteiger partial charge on any atom is -0.414 e. The lowest BCUT2D eigenvalue weighted by atomic mass is 9.47. The van der Waals surface area contributed by atoms with E-state index in [1.807, 2.05) is 0 Å². The van der Waals surface area contributed by atoms with Gasteiger partial charge in [0.2, 0.25) is 0 Å². The second-order valence-electron chi connectivity index (χ2n) is 14.3. The third-order valence-corrected chi connectivity index (χ3v) is 11.9. The van der Waals surface area contributed by atoms with Crippen molar-refractivity contribution >= 4 is 14.1 Å². The normalized spacial score (nSPS) is 40.6. The summed E-state index contributed by atoms with van der Waals surface area (Å²) in [5, 5.41) is 0. The molecule has 0 bridgehead atoms. The SMILES string of the molecule is CC(C)C(CC[C@H](C)C1CCC2C3CC=C4CC(=O)CCC4(C)C3CCC21C)O[Si](C)(C)C. The van der Waals surface area contributed by atoms with Crippen LogP contribution in [0.3, 0.4) is 0 Å². The molecule has 0 N–H and O–H groups in total. The summed E-state index contributed by atoms with van der Waals surface area (Å²) in [5.74, 6) is 5.29. The molecule has 188 valence electrons. The Morgan fingerprint density at radius 1 is 1.03 bits per heavy atom. The smallest absolute Gasteiger partial charge is 0.184 e. The summed E-state index contributed by atoms with van der Waals surface area (Å²) in [7, 11) is -1.50. The molecule has 0 saturated heterocycles. The lowest BCUT2D eigenvalue weighted by Gasteiger charge is -2.58. The van der Waals surface area contributed by atoms with Crippen LogP contribution in [0.1, 0.15) is 98.8 Å². The van der Waals surface area contributed by atoms with Crippen LogP contribution in [0.25, 0.3) is 0 Å². The number of carbonyl (C=O) groups is 1. The summed E-state index contributed by atoms with van der Waals surface area (Å²) in [5.41, 5.74) is 2.33. The third-order valence-electron chi connectivity index (χ3n) is 10.9. The van der Waals surface area contributed by atoms with Crippen molar-refractivity contribution in [3.63, 3.8) is 0 Å². The van der Waals surface area contributed by atoms with Crippen LogP contribution in [0.5, 0.6) is 0 Å². The van der Waals surface area contributed by atoms with E-state index in [1.54, 1.807) is 0 Å². The van der Waals surface area contributed by atoms with E-state index in [9.17, 15) is 4.79 Å². The Morgan fingerprint density at radius 3 is 2.42 bits per heavy atom. The Hall–Kier alpha value is -0.413. The molecule has 0 amide bonds. The first-order chi connectivity index (χ1) is 15.3. The molecule has 0 aromatic rings. The van der Waals surface area contributed by atoms with Gasteiger partial charge in [0.1, 0.15) is 5.78 Å². The van der Waals surface area contributed by atoms with Gasteiger partial charge < -0.3 is 4.43 Å². The molecule has 0 aromatic carbocycles. The molecule has 4 aliphatic carbocycles. The highest BCUT2D eigenvalue weighted by molar-refractivity contribution is 6.69. The van der Waals surface area contributed by atoms with Crippen molar-refractivity contribution in [1.29, 1.82) is 0 Å². The molecule has 4 aliphatic rings. The molecular weight excluding hydrogens is 420 g/mol. The van der Waals surface area contributed by atoms with Crippen LogP contribution in [-0.4, -0.2) is 20.2 Å². The molecule has 0 aliphatic heterocycles. The summed E-state index contributed by atoms with van der Waals surface area (Å²) in [6.45, 7) is 19.4. The van der Waals surface area contributed by atoms with Crippen molar-refractivity contribution < 1.29 is 9.22 Å². The van der Waals surface area contributed by atoms with Crippen LogP contribution >= 0.6 is 0 Å². The number of fused-ring (bicyclic) bond motifs is 5. The molecule has 4 rings (SSSR count). The summed E-state index contributed by atoms with van der Waals surface area (Å²) in [6, 6.07) is 0. The molecule has 3 heteroatoms. The van der Waals surface area contributed by atoms with E-state index in [-0.39, 0.29) is 0 Å². The molecule has 2 nitrogen and oxygen atoms in total. The molecule has 0 spiro atoms. The van der Waals surface area contributed by atoms with E-state index in [0.717, 1.165) is 48.9 Å². The van der Waals surface area contributed by atoms with Crippen LogP contribution < -0.4 is 0 Å². The van der Waals surface area contributed by atoms with Crippen LogP contribution in [-0.2, 0) is 9.22 Å². The van der Waals surface area contributed by atoms with Crippen molar-refractivity contribution in [3.8, 4) is 0 Å². The van der Waals surface area contributed by atoms with Crippen LogP contribution in [0.2, 0.25) is 19.6 Å². The van der Waals surface area contributed by atoms with E-state index in [0.29, 0.717) is 28.6 Å². The van der Waals surface area contributed by atoms with Gasteiger partial charge in [-0.15, -0.1) is 0 Å². The van der Waals surface area contributed by atoms with Crippen LogP contribution in [0.4, 0.5) is 0 Å². The zero-order valence-corrected chi connectivity index (χ0v) is 24.0. The van der Waals surface area contributed by atoms with Crippen molar-refractivity contribution in [2.75, 3.05) is 0 Å². The minimum absolute atomic E-state index is 0.306.